The second-order valence-corrected chi connectivity index (χ2v) is 3.90. The number of carbonyl (C=O) groups excluding carboxylic acids is 1. The molecule has 0 N–H and O–H groups in total. The van der Waals surface area contributed by atoms with Gasteiger partial charge in [0.2, 0.25) is 0 Å². The highest BCUT2D eigenvalue weighted by Crippen LogP contribution is 2.28. The van der Waals surface area contributed by atoms with Crippen molar-refractivity contribution in [2.75, 3.05) is 13.7 Å². The molecule has 108 valence electrons. The number of ether oxygens (including phenoxy) is 3. The first-order chi connectivity index (χ1) is 10.1. The maximum absolute atomic E-state index is 11.4. The van der Waals surface area contributed by atoms with Crippen molar-refractivity contribution in [3.05, 3.63) is 29.8 Å². The largest absolute Gasteiger partial charge is 0.493 e. The molecular formula is C15H14N2O4. The lowest BCUT2D eigenvalue weighted by Crippen LogP contribution is -2.10. The predicted octanol–water partition coefficient (Wildman–Crippen LogP) is 2.07. The molecule has 0 aliphatic heterocycles. The number of hydrogen-bond acceptors (Lipinski definition) is 6. The van der Waals surface area contributed by atoms with Crippen LogP contribution < -0.4 is 9.47 Å². The minimum atomic E-state index is -0.793. The van der Waals surface area contributed by atoms with Gasteiger partial charge in [-0.3, -0.25) is 0 Å². The first-order valence-corrected chi connectivity index (χ1v) is 6.06. The van der Waals surface area contributed by atoms with Crippen LogP contribution in [0, 0.1) is 22.7 Å². The number of hydrogen-bond donors (Lipinski definition) is 0. The van der Waals surface area contributed by atoms with Gasteiger partial charge in [0.15, 0.2) is 24.2 Å². The molecule has 0 spiro atoms. The fraction of sp³-hybridized carbons (Fsp3) is 0.267. The van der Waals surface area contributed by atoms with E-state index in [1.54, 1.807) is 24.3 Å². The third kappa shape index (κ3) is 5.25. The van der Waals surface area contributed by atoms with E-state index in [1.807, 2.05) is 6.07 Å². The molecule has 0 bridgehead atoms. The summed E-state index contributed by atoms with van der Waals surface area (Å²) in [5.74, 6) is 0.288. The maximum atomic E-state index is 11.4. The minimum Gasteiger partial charge on any atom is -0.493 e. The molecule has 0 aromatic heterocycles. The van der Waals surface area contributed by atoms with Crippen molar-refractivity contribution in [1.82, 2.24) is 0 Å². The zero-order chi connectivity index (χ0) is 15.7. The van der Waals surface area contributed by atoms with Crippen LogP contribution in [-0.2, 0) is 9.53 Å². The van der Waals surface area contributed by atoms with Crippen LogP contribution in [0.3, 0.4) is 0 Å². The molecule has 0 fully saturated rings. The Morgan fingerprint density at radius 2 is 2.14 bits per heavy atom. The van der Waals surface area contributed by atoms with Crippen molar-refractivity contribution in [3.8, 4) is 23.6 Å². The maximum Gasteiger partial charge on any atom is 0.332 e. The highest BCUT2D eigenvalue weighted by molar-refractivity contribution is 5.87. The van der Waals surface area contributed by atoms with E-state index in [1.165, 1.54) is 26.2 Å². The molecular weight excluding hydrogens is 272 g/mol. The van der Waals surface area contributed by atoms with E-state index in [0.29, 0.717) is 17.1 Å². The Morgan fingerprint density at radius 3 is 2.76 bits per heavy atom. The SMILES string of the molecule is COc1cc(/C=C/C(=O)O[C@@H](C)C#N)ccc1OCC#N. The Hall–Kier alpha value is -2.99. The molecule has 21 heavy (non-hydrogen) atoms. The highest BCUT2D eigenvalue weighted by atomic mass is 16.5. The molecule has 1 aromatic carbocycles. The summed E-state index contributed by atoms with van der Waals surface area (Å²) in [5.41, 5.74) is 0.692. The number of carbonyl (C=O) groups is 1. The molecule has 0 aliphatic rings. The molecule has 6 nitrogen and oxygen atoms in total. The summed E-state index contributed by atoms with van der Waals surface area (Å²) < 4.78 is 15.1. The van der Waals surface area contributed by atoms with Crippen LogP contribution in [0.25, 0.3) is 6.08 Å². The zero-order valence-corrected chi connectivity index (χ0v) is 11.7. The standard InChI is InChI=1S/C15H14N2O4/c1-11(10-17)21-15(18)6-4-12-3-5-13(20-8-7-16)14(9-12)19-2/h3-6,9,11H,8H2,1-2H3/b6-4+/t11-/m0/s1. The Balaban J connectivity index is 2.79. The Bertz CT molecular complexity index is 611. The highest BCUT2D eigenvalue weighted by Gasteiger charge is 2.06. The normalized spacial score (nSPS) is 11.2. The summed E-state index contributed by atoms with van der Waals surface area (Å²) >= 11 is 0. The van der Waals surface area contributed by atoms with E-state index in [0.717, 1.165) is 0 Å². The Labute approximate surface area is 122 Å². The molecule has 0 heterocycles. The van der Waals surface area contributed by atoms with Crippen LogP contribution in [0.4, 0.5) is 0 Å². The molecule has 1 atom stereocenters. The summed E-state index contributed by atoms with van der Waals surface area (Å²) in [6, 6.07) is 8.66. The van der Waals surface area contributed by atoms with Crippen LogP contribution in [0.5, 0.6) is 11.5 Å². The van der Waals surface area contributed by atoms with Gasteiger partial charge in [-0.2, -0.15) is 10.5 Å². The van der Waals surface area contributed by atoms with Crippen LogP contribution in [0.2, 0.25) is 0 Å². The molecule has 1 rings (SSSR count). The van der Waals surface area contributed by atoms with Crippen molar-refractivity contribution in [3.63, 3.8) is 0 Å². The summed E-state index contributed by atoms with van der Waals surface area (Å²) in [4.78, 5) is 11.4. The van der Waals surface area contributed by atoms with Crippen molar-refractivity contribution < 1.29 is 19.0 Å². The number of methoxy groups -OCH3 is 1. The van der Waals surface area contributed by atoms with Crippen LogP contribution in [-0.4, -0.2) is 25.8 Å². The van der Waals surface area contributed by atoms with Gasteiger partial charge in [-0.15, -0.1) is 0 Å². The summed E-state index contributed by atoms with van der Waals surface area (Å²) in [6.07, 6.45) is 1.96. The molecule has 0 saturated carbocycles. The number of rotatable bonds is 6. The molecule has 1 aromatic rings. The third-order valence-corrected chi connectivity index (χ3v) is 2.37. The quantitative estimate of drug-likeness (QED) is 0.587. The number of benzene rings is 1. The predicted molar refractivity (Wildman–Crippen MR) is 74.3 cm³/mol. The van der Waals surface area contributed by atoms with Gasteiger partial charge in [0.1, 0.15) is 12.1 Å². The monoisotopic (exact) mass is 286 g/mol. The lowest BCUT2D eigenvalue weighted by atomic mass is 10.2. The molecule has 0 radical (unpaired) electrons. The van der Waals surface area contributed by atoms with Gasteiger partial charge in [0.25, 0.3) is 0 Å². The van der Waals surface area contributed by atoms with Crippen molar-refractivity contribution >= 4 is 12.0 Å². The average Bonchev–Trinajstić information content (AvgIpc) is 2.50. The van der Waals surface area contributed by atoms with E-state index in [9.17, 15) is 4.79 Å². The van der Waals surface area contributed by atoms with Gasteiger partial charge in [-0.25, -0.2) is 4.79 Å². The van der Waals surface area contributed by atoms with Gasteiger partial charge in [0, 0.05) is 6.08 Å². The lowest BCUT2D eigenvalue weighted by molar-refractivity contribution is -0.139. The summed E-state index contributed by atoms with van der Waals surface area (Å²) in [5, 5.41) is 17.0. The summed E-state index contributed by atoms with van der Waals surface area (Å²) in [6.45, 7) is 1.40. The molecule has 0 unspecified atom stereocenters. The third-order valence-electron chi connectivity index (χ3n) is 2.37. The van der Waals surface area contributed by atoms with Gasteiger partial charge < -0.3 is 14.2 Å². The summed E-state index contributed by atoms with van der Waals surface area (Å²) in [7, 11) is 1.48. The average molecular weight is 286 g/mol. The number of nitriles is 2. The Morgan fingerprint density at radius 1 is 1.38 bits per heavy atom. The van der Waals surface area contributed by atoms with E-state index >= 15 is 0 Å². The number of nitrogens with zero attached hydrogens (tertiary/aromatic N) is 2. The second kappa shape index (κ2) is 8.23. The Kier molecular flexibility index (Phi) is 6.30. The minimum absolute atomic E-state index is 0.0794. The second-order valence-electron chi connectivity index (χ2n) is 3.90. The van der Waals surface area contributed by atoms with E-state index in [2.05, 4.69) is 0 Å². The number of esters is 1. The van der Waals surface area contributed by atoms with Crippen molar-refractivity contribution in [1.29, 1.82) is 10.5 Å². The molecule has 0 amide bonds. The van der Waals surface area contributed by atoms with Crippen molar-refractivity contribution in [2.45, 2.75) is 13.0 Å². The first kappa shape index (κ1) is 16.1. The van der Waals surface area contributed by atoms with Gasteiger partial charge in [-0.1, -0.05) is 6.07 Å². The first-order valence-electron chi connectivity index (χ1n) is 6.06. The fourth-order valence-corrected chi connectivity index (χ4v) is 1.42. The van der Waals surface area contributed by atoms with Crippen molar-refractivity contribution in [2.24, 2.45) is 0 Å². The molecule has 0 aliphatic carbocycles. The van der Waals surface area contributed by atoms with Gasteiger partial charge in [-0.05, 0) is 30.7 Å². The van der Waals surface area contributed by atoms with Crippen LogP contribution in [0.1, 0.15) is 12.5 Å². The van der Waals surface area contributed by atoms with E-state index in [-0.39, 0.29) is 6.61 Å². The van der Waals surface area contributed by atoms with E-state index in [4.69, 9.17) is 24.7 Å². The van der Waals surface area contributed by atoms with Gasteiger partial charge >= 0.3 is 5.97 Å². The van der Waals surface area contributed by atoms with Crippen LogP contribution >= 0.6 is 0 Å². The van der Waals surface area contributed by atoms with Gasteiger partial charge in [0.05, 0.1) is 7.11 Å². The lowest BCUT2D eigenvalue weighted by Gasteiger charge is -2.08. The topological polar surface area (TPSA) is 92.3 Å². The van der Waals surface area contributed by atoms with Crippen LogP contribution in [0.15, 0.2) is 24.3 Å². The smallest absolute Gasteiger partial charge is 0.332 e. The fourth-order valence-electron chi connectivity index (χ4n) is 1.42. The molecule has 6 heteroatoms. The molecule has 0 saturated heterocycles. The van der Waals surface area contributed by atoms with E-state index < -0.39 is 12.1 Å². The zero-order valence-electron chi connectivity index (χ0n) is 11.7.